The maximum Gasteiger partial charge on any atom is 0.252 e. The molecule has 0 spiro atoms. The van der Waals surface area contributed by atoms with Crippen LogP contribution in [0.3, 0.4) is 0 Å². The summed E-state index contributed by atoms with van der Waals surface area (Å²) >= 11 is 1.96. The van der Waals surface area contributed by atoms with E-state index in [1.165, 1.54) is 131 Å². The van der Waals surface area contributed by atoms with Crippen molar-refractivity contribution in [2.75, 3.05) is 9.80 Å². The lowest BCUT2D eigenvalue weighted by Gasteiger charge is -2.46. The lowest BCUT2D eigenvalue weighted by atomic mass is 9.33. The first-order valence-corrected chi connectivity index (χ1v) is 28.9. The van der Waals surface area contributed by atoms with Crippen LogP contribution < -0.4 is 26.2 Å². The lowest BCUT2D eigenvalue weighted by Crippen LogP contribution is -2.61. The molecule has 0 amide bonds. The SMILES string of the molecule is CCCCc1c(N2c3ccc(-c4ccccc4)cc3B3c4ccc(-n5c6ccccc6c6ccccc65)cc4N(c4c(-c5ccccc5)cccc4-c4ccccc4)c4cc(C(C)(C)C)cc2c43)ccc2c1sc1ccccc12. The van der Waals surface area contributed by atoms with Gasteiger partial charge >= 0.3 is 0 Å². The highest BCUT2D eigenvalue weighted by molar-refractivity contribution is 7.26. The van der Waals surface area contributed by atoms with E-state index in [9.17, 15) is 0 Å². The summed E-state index contributed by atoms with van der Waals surface area (Å²) < 4.78 is 5.22. The number of fused-ring (bicyclic) bond motifs is 10. The highest BCUT2D eigenvalue weighted by Crippen LogP contribution is 2.53. The molecule has 2 aliphatic heterocycles. The van der Waals surface area contributed by atoms with Gasteiger partial charge in [-0.1, -0.05) is 222 Å². The average molecular weight is 1030 g/mol. The summed E-state index contributed by atoms with van der Waals surface area (Å²) in [6.45, 7) is 9.38. The van der Waals surface area contributed by atoms with Crippen LogP contribution in [-0.4, -0.2) is 11.3 Å². The van der Waals surface area contributed by atoms with Crippen molar-refractivity contribution in [3.05, 3.63) is 254 Å². The van der Waals surface area contributed by atoms with Crippen molar-refractivity contribution in [2.45, 2.75) is 52.4 Å². The summed E-state index contributed by atoms with van der Waals surface area (Å²) in [5, 5.41) is 5.19. The number of hydrogen-bond donors (Lipinski definition) is 0. The summed E-state index contributed by atoms with van der Waals surface area (Å²) in [6.07, 6.45) is 3.20. The van der Waals surface area contributed by atoms with E-state index in [4.69, 9.17) is 0 Å². The fourth-order valence-electron chi connectivity index (χ4n) is 13.2. The molecule has 15 rings (SSSR count). The van der Waals surface area contributed by atoms with Gasteiger partial charge in [-0.15, -0.1) is 11.3 Å². The summed E-state index contributed by atoms with van der Waals surface area (Å²) in [4.78, 5) is 5.39. The van der Waals surface area contributed by atoms with Crippen molar-refractivity contribution in [3.8, 4) is 39.1 Å². The second kappa shape index (κ2) is 18.6. The molecule has 3 nitrogen and oxygen atoms in total. The predicted molar refractivity (Wildman–Crippen MR) is 341 cm³/mol. The molecular weight excluding hydrogens is 974 g/mol. The van der Waals surface area contributed by atoms with Crippen LogP contribution in [0.25, 0.3) is 81.0 Å². The number of nitrogens with zero attached hydrogens (tertiary/aromatic N) is 3. The van der Waals surface area contributed by atoms with Gasteiger partial charge in [0, 0.05) is 70.5 Å². The Morgan fingerprint density at radius 2 is 1.01 bits per heavy atom. The Balaban J connectivity index is 1.10. The molecule has 0 unspecified atom stereocenters. The second-order valence-corrected chi connectivity index (χ2v) is 23.7. The first-order chi connectivity index (χ1) is 38.8. The number of anilines is 6. The van der Waals surface area contributed by atoms with Gasteiger partial charge in [-0.05, 0) is 123 Å². The van der Waals surface area contributed by atoms with E-state index in [2.05, 4.69) is 285 Å². The zero-order valence-corrected chi connectivity index (χ0v) is 45.9. The van der Waals surface area contributed by atoms with Crippen molar-refractivity contribution in [3.63, 3.8) is 0 Å². The smallest absolute Gasteiger partial charge is 0.252 e. The van der Waals surface area contributed by atoms with Gasteiger partial charge in [0.15, 0.2) is 0 Å². The third kappa shape index (κ3) is 7.54. The first-order valence-electron chi connectivity index (χ1n) is 28.1. The van der Waals surface area contributed by atoms with Crippen LogP contribution in [0, 0.1) is 0 Å². The number of aromatic nitrogens is 1. The van der Waals surface area contributed by atoms with Gasteiger partial charge in [-0.25, -0.2) is 0 Å². The normalized spacial score (nSPS) is 12.9. The van der Waals surface area contributed by atoms with E-state index in [1.807, 2.05) is 11.3 Å². The summed E-state index contributed by atoms with van der Waals surface area (Å²) in [6, 6.07) is 91.6. The molecule has 2 aromatic heterocycles. The van der Waals surface area contributed by atoms with Gasteiger partial charge in [0.1, 0.15) is 0 Å². The molecule has 5 heteroatoms. The molecule has 2 aliphatic rings. The highest BCUT2D eigenvalue weighted by Gasteiger charge is 2.46. The van der Waals surface area contributed by atoms with Gasteiger partial charge in [-0.3, -0.25) is 0 Å². The van der Waals surface area contributed by atoms with Crippen molar-refractivity contribution < 1.29 is 0 Å². The molecule has 11 aromatic carbocycles. The van der Waals surface area contributed by atoms with E-state index < -0.39 is 0 Å². The number of rotatable bonds is 9. The van der Waals surface area contributed by atoms with Crippen molar-refractivity contribution in [2.24, 2.45) is 0 Å². The maximum absolute atomic E-state index is 2.69. The summed E-state index contributed by atoms with van der Waals surface area (Å²) in [5.74, 6) is 0. The minimum Gasteiger partial charge on any atom is -0.311 e. The molecule has 4 heterocycles. The van der Waals surface area contributed by atoms with Gasteiger partial charge in [-0.2, -0.15) is 0 Å². The van der Waals surface area contributed by atoms with Crippen LogP contribution in [0.4, 0.5) is 34.1 Å². The number of unbranched alkanes of at least 4 members (excludes halogenated alkanes) is 1. The monoisotopic (exact) mass is 1030 g/mol. The molecule has 0 saturated carbocycles. The Bertz CT molecular complexity index is 4420. The molecule has 79 heavy (non-hydrogen) atoms. The molecular formula is C74H58BN3S. The maximum atomic E-state index is 2.69. The van der Waals surface area contributed by atoms with Crippen molar-refractivity contribution in [1.29, 1.82) is 0 Å². The third-order valence-corrected chi connectivity index (χ3v) is 18.2. The van der Waals surface area contributed by atoms with Gasteiger partial charge in [0.2, 0.25) is 0 Å². The average Bonchev–Trinajstić information content (AvgIpc) is 3.67. The third-order valence-electron chi connectivity index (χ3n) is 16.9. The van der Waals surface area contributed by atoms with E-state index >= 15 is 0 Å². The topological polar surface area (TPSA) is 11.4 Å². The molecule has 13 aromatic rings. The van der Waals surface area contributed by atoms with E-state index in [0.29, 0.717) is 0 Å². The Labute approximate surface area is 467 Å². The Morgan fingerprint density at radius 3 is 1.66 bits per heavy atom. The molecule has 0 bridgehead atoms. The Hall–Kier alpha value is -8.90. The first kappa shape index (κ1) is 47.3. The van der Waals surface area contributed by atoms with Crippen LogP contribution in [0.5, 0.6) is 0 Å². The van der Waals surface area contributed by atoms with E-state index in [0.717, 1.165) is 30.6 Å². The highest BCUT2D eigenvalue weighted by atomic mass is 32.1. The Morgan fingerprint density at radius 1 is 0.430 bits per heavy atom. The van der Waals surface area contributed by atoms with Crippen LogP contribution in [0.2, 0.25) is 0 Å². The molecule has 0 aliphatic carbocycles. The van der Waals surface area contributed by atoms with Gasteiger partial charge in [0.25, 0.3) is 6.71 Å². The number of hydrogen-bond acceptors (Lipinski definition) is 3. The van der Waals surface area contributed by atoms with E-state index in [-0.39, 0.29) is 12.1 Å². The van der Waals surface area contributed by atoms with Crippen molar-refractivity contribution >= 4 is 111 Å². The van der Waals surface area contributed by atoms with E-state index in [1.54, 1.807) is 0 Å². The fraction of sp³-hybridized carbons (Fsp3) is 0.108. The van der Waals surface area contributed by atoms with Gasteiger partial charge < -0.3 is 14.4 Å². The molecule has 0 fully saturated rings. The zero-order chi connectivity index (χ0) is 52.9. The molecule has 0 radical (unpaired) electrons. The van der Waals surface area contributed by atoms with Crippen LogP contribution in [0.1, 0.15) is 51.7 Å². The van der Waals surface area contributed by atoms with Crippen LogP contribution in [0.15, 0.2) is 243 Å². The fourth-order valence-corrected chi connectivity index (χ4v) is 14.5. The summed E-state index contributed by atoms with van der Waals surface area (Å²) in [5.41, 5.74) is 24.4. The zero-order valence-electron chi connectivity index (χ0n) is 45.0. The summed E-state index contributed by atoms with van der Waals surface area (Å²) in [7, 11) is 0. The van der Waals surface area contributed by atoms with Gasteiger partial charge in [0.05, 0.1) is 22.4 Å². The molecule has 0 saturated heterocycles. The van der Waals surface area contributed by atoms with Crippen LogP contribution in [-0.2, 0) is 11.8 Å². The number of para-hydroxylation sites is 3. The quantitative estimate of drug-likeness (QED) is 0.134. The predicted octanol–water partition coefficient (Wildman–Crippen LogP) is 18.9. The Kier molecular flexibility index (Phi) is 11.2. The molecule has 0 atom stereocenters. The van der Waals surface area contributed by atoms with Crippen molar-refractivity contribution in [1.82, 2.24) is 4.57 Å². The molecule has 0 N–H and O–H groups in total. The number of benzene rings is 11. The minimum absolute atomic E-state index is 0.108. The number of aryl methyl sites for hydroxylation is 1. The lowest BCUT2D eigenvalue weighted by molar-refractivity contribution is 0.590. The molecule has 378 valence electrons. The number of thiophene rings is 1. The van der Waals surface area contributed by atoms with Crippen LogP contribution >= 0.6 is 11.3 Å². The standard InChI is InChI=1S/C74H58BN3S/c1-5-6-29-60-65(43-40-59-58-32-18-21-37-70(58)79-73(59)60)77-66-42-38-51(48-23-10-7-11-24-48)44-62(66)75-61-41-39-53(76-63-35-19-16-30-56(63)57-31-17-20-36-64(57)76)47-67(61)78(69-46-52(74(2,3)4)45-68(77)71(69)75)72-54(49-25-12-8-13-26-49)33-22-34-55(72)50-27-14-9-15-28-50/h7-28,30-47H,5-6,29H2,1-4H3. The second-order valence-electron chi connectivity index (χ2n) is 22.6. The minimum atomic E-state index is -0.206. The largest absolute Gasteiger partial charge is 0.311 e.